The number of hydrogen-bond donors (Lipinski definition) is 0. The first-order valence-corrected chi connectivity index (χ1v) is 3.11. The van der Waals surface area contributed by atoms with Crippen molar-refractivity contribution in [3.63, 3.8) is 0 Å². The van der Waals surface area contributed by atoms with E-state index in [1.165, 1.54) is 6.20 Å². The molecular weight excluding hydrogens is 154 g/mol. The molecule has 0 saturated heterocycles. The Balaban J connectivity index is 3.06. The molecule has 0 radical (unpaired) electrons. The third kappa shape index (κ3) is 1.96. The predicted octanol–water partition coefficient (Wildman–Crippen LogP) is 1.44. The van der Waals surface area contributed by atoms with Crippen LogP contribution in [0.5, 0.6) is 0 Å². The molecule has 11 heavy (non-hydrogen) atoms. The van der Waals surface area contributed by atoms with E-state index in [4.69, 9.17) is 0 Å². The van der Waals surface area contributed by atoms with Crippen LogP contribution < -0.4 is 5.46 Å². The highest BCUT2D eigenvalue weighted by molar-refractivity contribution is 6.73. The molecule has 0 atom stereocenters. The monoisotopic (exact) mass is 160 g/mol. The topological polar surface area (TPSA) is 12.9 Å². The smallest absolute Gasteiger partial charge is 0.445 e. The minimum atomic E-state index is -4.89. The number of halogens is 3. The Labute approximate surface area is 62.3 Å². The van der Waals surface area contributed by atoms with Crippen molar-refractivity contribution < 1.29 is 12.9 Å². The Kier molecular flexibility index (Phi) is 1.89. The van der Waals surface area contributed by atoms with Crippen LogP contribution >= 0.6 is 0 Å². The van der Waals surface area contributed by atoms with Crippen LogP contribution in [0.1, 0.15) is 5.56 Å². The molecule has 0 bridgehead atoms. The standard InChI is InChI=1S/C6H6BF3N/c1-5-2-6(4-11-3-5)7(8,9)10/h2-4H,1H3/q-1. The lowest BCUT2D eigenvalue weighted by molar-refractivity contribution is 0.500. The first-order valence-electron chi connectivity index (χ1n) is 3.11. The summed E-state index contributed by atoms with van der Waals surface area (Å²) in [6.07, 6.45) is 2.23. The van der Waals surface area contributed by atoms with Crippen molar-refractivity contribution in [1.29, 1.82) is 0 Å². The van der Waals surface area contributed by atoms with Crippen LogP contribution in [0.4, 0.5) is 12.9 Å². The Morgan fingerprint density at radius 2 is 1.91 bits per heavy atom. The molecule has 0 aliphatic carbocycles. The maximum Gasteiger partial charge on any atom is 0.511 e. The van der Waals surface area contributed by atoms with Gasteiger partial charge < -0.3 is 12.9 Å². The van der Waals surface area contributed by atoms with Crippen molar-refractivity contribution in [1.82, 2.24) is 4.98 Å². The maximum absolute atomic E-state index is 12.0. The first-order chi connectivity index (χ1) is 5.00. The average molecular weight is 160 g/mol. The lowest BCUT2D eigenvalue weighted by atomic mass is 9.81. The van der Waals surface area contributed by atoms with E-state index < -0.39 is 12.4 Å². The zero-order valence-corrected chi connectivity index (χ0v) is 5.89. The minimum absolute atomic E-state index is 0.529. The molecular formula is C6H6BF3N-. The van der Waals surface area contributed by atoms with Gasteiger partial charge in [-0.1, -0.05) is 11.5 Å². The van der Waals surface area contributed by atoms with Crippen LogP contribution in [0.2, 0.25) is 0 Å². The van der Waals surface area contributed by atoms with Crippen molar-refractivity contribution in [2.75, 3.05) is 0 Å². The third-order valence-electron chi connectivity index (χ3n) is 1.27. The molecule has 0 amide bonds. The van der Waals surface area contributed by atoms with Crippen LogP contribution in [0.3, 0.4) is 0 Å². The van der Waals surface area contributed by atoms with Gasteiger partial charge in [-0.15, -0.1) is 0 Å². The molecule has 1 aromatic heterocycles. The number of pyridine rings is 1. The Morgan fingerprint density at radius 3 is 2.27 bits per heavy atom. The summed E-state index contributed by atoms with van der Waals surface area (Å²) in [5.74, 6) is 0. The quantitative estimate of drug-likeness (QED) is 0.566. The summed E-state index contributed by atoms with van der Waals surface area (Å²) in [4.78, 5) is 3.45. The van der Waals surface area contributed by atoms with Gasteiger partial charge in [0.15, 0.2) is 0 Å². The zero-order valence-electron chi connectivity index (χ0n) is 5.89. The molecule has 1 rings (SSSR count). The fourth-order valence-corrected chi connectivity index (χ4v) is 0.757. The summed E-state index contributed by atoms with van der Waals surface area (Å²) < 4.78 is 36.0. The highest BCUT2D eigenvalue weighted by atomic mass is 19.4. The van der Waals surface area contributed by atoms with Crippen LogP contribution in [0.15, 0.2) is 18.5 Å². The van der Waals surface area contributed by atoms with E-state index in [2.05, 4.69) is 4.98 Å². The Hall–Kier alpha value is -0.995. The fraction of sp³-hybridized carbons (Fsp3) is 0.167. The Morgan fingerprint density at radius 1 is 1.27 bits per heavy atom. The second-order valence-corrected chi connectivity index (χ2v) is 2.37. The van der Waals surface area contributed by atoms with E-state index in [0.29, 0.717) is 5.56 Å². The molecule has 1 heterocycles. The summed E-state index contributed by atoms with van der Waals surface area (Å²) >= 11 is 0. The molecule has 0 spiro atoms. The largest absolute Gasteiger partial charge is 0.511 e. The van der Waals surface area contributed by atoms with E-state index in [1.54, 1.807) is 6.92 Å². The van der Waals surface area contributed by atoms with E-state index in [1.807, 2.05) is 0 Å². The lowest BCUT2D eigenvalue weighted by Gasteiger charge is -2.13. The van der Waals surface area contributed by atoms with Gasteiger partial charge in [0.1, 0.15) is 0 Å². The van der Waals surface area contributed by atoms with Crippen molar-refractivity contribution in [3.05, 3.63) is 24.0 Å². The number of nitrogens with zero attached hydrogens (tertiary/aromatic N) is 1. The van der Waals surface area contributed by atoms with Gasteiger partial charge in [-0.3, -0.25) is 4.98 Å². The number of rotatable bonds is 1. The third-order valence-corrected chi connectivity index (χ3v) is 1.27. The van der Waals surface area contributed by atoms with Crippen molar-refractivity contribution in [2.45, 2.75) is 6.92 Å². The molecule has 0 unspecified atom stereocenters. The number of aryl methyl sites for hydroxylation is 1. The maximum atomic E-state index is 12.0. The van der Waals surface area contributed by atoms with E-state index >= 15 is 0 Å². The summed E-state index contributed by atoms with van der Waals surface area (Å²) in [7, 11) is 0. The van der Waals surface area contributed by atoms with Gasteiger partial charge in [0.2, 0.25) is 0 Å². The highest BCUT2D eigenvalue weighted by Gasteiger charge is 2.25. The second-order valence-electron chi connectivity index (χ2n) is 2.37. The van der Waals surface area contributed by atoms with Crippen LogP contribution in [-0.2, 0) is 0 Å². The lowest BCUT2D eigenvalue weighted by Crippen LogP contribution is -2.34. The molecule has 5 heteroatoms. The molecule has 0 fully saturated rings. The van der Waals surface area contributed by atoms with Crippen molar-refractivity contribution >= 4 is 12.4 Å². The summed E-state index contributed by atoms with van der Waals surface area (Å²) in [6, 6.07) is 1.09. The summed E-state index contributed by atoms with van der Waals surface area (Å²) in [5.41, 5.74) is -0.105. The van der Waals surface area contributed by atoms with Gasteiger partial charge in [-0.05, 0) is 18.7 Å². The van der Waals surface area contributed by atoms with Gasteiger partial charge in [-0.2, -0.15) is 0 Å². The minimum Gasteiger partial charge on any atom is -0.445 e. The van der Waals surface area contributed by atoms with Gasteiger partial charge in [0.25, 0.3) is 0 Å². The second kappa shape index (κ2) is 2.56. The van der Waals surface area contributed by atoms with E-state index in [-0.39, 0.29) is 0 Å². The molecule has 0 aliphatic rings. The van der Waals surface area contributed by atoms with Crippen molar-refractivity contribution in [2.24, 2.45) is 0 Å². The fourth-order valence-electron chi connectivity index (χ4n) is 0.757. The van der Waals surface area contributed by atoms with E-state index in [0.717, 1.165) is 12.3 Å². The normalized spacial score (nSPS) is 11.6. The van der Waals surface area contributed by atoms with Crippen LogP contribution in [0.25, 0.3) is 0 Å². The molecule has 0 N–H and O–H groups in total. The van der Waals surface area contributed by atoms with Gasteiger partial charge >= 0.3 is 6.98 Å². The SMILES string of the molecule is Cc1cncc([B-](F)(F)F)c1. The van der Waals surface area contributed by atoms with Gasteiger partial charge in [0.05, 0.1) is 0 Å². The Bertz CT molecular complexity index is 258. The summed E-state index contributed by atoms with van der Waals surface area (Å²) in [5, 5.41) is 0. The van der Waals surface area contributed by atoms with Gasteiger partial charge in [0, 0.05) is 6.20 Å². The summed E-state index contributed by atoms with van der Waals surface area (Å²) in [6.45, 7) is -3.30. The predicted molar refractivity (Wildman–Crippen MR) is 37.7 cm³/mol. The molecule has 0 aliphatic heterocycles. The van der Waals surface area contributed by atoms with Crippen molar-refractivity contribution in [3.8, 4) is 0 Å². The molecule has 0 aromatic carbocycles. The molecule has 1 nitrogen and oxygen atoms in total. The van der Waals surface area contributed by atoms with Crippen LogP contribution in [0, 0.1) is 6.92 Å². The molecule has 1 aromatic rings. The van der Waals surface area contributed by atoms with Gasteiger partial charge in [-0.25, -0.2) is 0 Å². The number of hydrogen-bond acceptors (Lipinski definition) is 1. The molecule has 0 saturated carbocycles. The highest BCUT2D eigenvalue weighted by Crippen LogP contribution is 2.08. The van der Waals surface area contributed by atoms with Crippen LogP contribution in [-0.4, -0.2) is 12.0 Å². The zero-order chi connectivity index (χ0) is 8.48. The number of aromatic nitrogens is 1. The average Bonchev–Trinajstić information content (AvgIpc) is 1.86. The van der Waals surface area contributed by atoms with E-state index in [9.17, 15) is 12.9 Å². The first kappa shape index (κ1) is 8.10. The molecule has 60 valence electrons.